The van der Waals surface area contributed by atoms with Gasteiger partial charge in [0, 0.05) is 13.1 Å². The lowest BCUT2D eigenvalue weighted by Gasteiger charge is -2.17. The van der Waals surface area contributed by atoms with E-state index in [-0.39, 0.29) is 5.91 Å². The van der Waals surface area contributed by atoms with Crippen LogP contribution in [0.2, 0.25) is 5.02 Å². The van der Waals surface area contributed by atoms with E-state index < -0.39 is 0 Å². The third kappa shape index (κ3) is 3.48. The molecule has 120 valence electrons. The average molecular weight is 330 g/mol. The van der Waals surface area contributed by atoms with Crippen LogP contribution < -0.4 is 10.2 Å². The Morgan fingerprint density at radius 2 is 1.96 bits per heavy atom. The number of rotatable bonds is 3. The largest absolute Gasteiger partial charge is 0.370 e. The van der Waals surface area contributed by atoms with Gasteiger partial charge in [0.05, 0.1) is 22.6 Å². The molecule has 2 aromatic rings. The molecular formula is C18H20ClN3O. The van der Waals surface area contributed by atoms with E-state index in [4.69, 9.17) is 11.6 Å². The van der Waals surface area contributed by atoms with Crippen LogP contribution >= 0.6 is 11.6 Å². The van der Waals surface area contributed by atoms with E-state index in [1.54, 1.807) is 12.3 Å². The molecule has 0 radical (unpaired) electrons. The zero-order valence-electron chi connectivity index (χ0n) is 13.4. The first-order valence-corrected chi connectivity index (χ1v) is 8.21. The molecule has 1 amide bonds. The summed E-state index contributed by atoms with van der Waals surface area (Å²) in [7, 11) is 0. The SMILES string of the molecule is Cc1cc(C)c(NC(=O)c2ccc(N3CCCC3)cn2)c(Cl)c1. The van der Waals surface area contributed by atoms with Crippen LogP contribution in [0.25, 0.3) is 0 Å². The van der Waals surface area contributed by atoms with Gasteiger partial charge < -0.3 is 10.2 Å². The highest BCUT2D eigenvalue weighted by Gasteiger charge is 2.15. The van der Waals surface area contributed by atoms with Gasteiger partial charge in [0.2, 0.25) is 0 Å². The maximum atomic E-state index is 12.4. The number of pyridine rings is 1. The molecule has 1 aromatic heterocycles. The molecule has 1 aliphatic rings. The van der Waals surface area contributed by atoms with Crippen molar-refractivity contribution in [2.24, 2.45) is 0 Å². The first-order chi connectivity index (χ1) is 11.0. The van der Waals surface area contributed by atoms with Crippen molar-refractivity contribution in [1.82, 2.24) is 4.98 Å². The van der Waals surface area contributed by atoms with Crippen molar-refractivity contribution in [3.05, 3.63) is 52.3 Å². The fraction of sp³-hybridized carbons (Fsp3) is 0.333. The van der Waals surface area contributed by atoms with Gasteiger partial charge in [0.15, 0.2) is 0 Å². The smallest absolute Gasteiger partial charge is 0.274 e. The normalized spacial score (nSPS) is 14.1. The summed E-state index contributed by atoms with van der Waals surface area (Å²) >= 11 is 6.24. The van der Waals surface area contributed by atoms with Crippen LogP contribution in [0.3, 0.4) is 0 Å². The fourth-order valence-electron chi connectivity index (χ4n) is 2.93. The highest BCUT2D eigenvalue weighted by molar-refractivity contribution is 6.34. The Labute approximate surface area is 141 Å². The van der Waals surface area contributed by atoms with Crippen molar-refractivity contribution in [1.29, 1.82) is 0 Å². The highest BCUT2D eigenvalue weighted by atomic mass is 35.5. The number of nitrogens with one attached hydrogen (secondary N) is 1. The summed E-state index contributed by atoms with van der Waals surface area (Å²) in [5, 5.41) is 3.41. The summed E-state index contributed by atoms with van der Waals surface area (Å²) in [4.78, 5) is 19.0. The van der Waals surface area contributed by atoms with Crippen LogP contribution in [0.15, 0.2) is 30.5 Å². The Morgan fingerprint density at radius 1 is 1.22 bits per heavy atom. The maximum absolute atomic E-state index is 12.4. The number of anilines is 2. The standard InChI is InChI=1S/C18H20ClN3O/c1-12-9-13(2)17(15(19)10-12)21-18(23)16-6-5-14(11-20-16)22-7-3-4-8-22/h5-6,9-11H,3-4,7-8H2,1-2H3,(H,21,23). The van der Waals surface area contributed by atoms with Crippen molar-refractivity contribution < 1.29 is 4.79 Å². The number of hydrogen-bond donors (Lipinski definition) is 1. The molecule has 1 N–H and O–H groups in total. The lowest BCUT2D eigenvalue weighted by molar-refractivity contribution is 0.102. The maximum Gasteiger partial charge on any atom is 0.274 e. The van der Waals surface area contributed by atoms with Crippen molar-refractivity contribution in [3.8, 4) is 0 Å². The number of nitrogens with zero attached hydrogens (tertiary/aromatic N) is 2. The summed E-state index contributed by atoms with van der Waals surface area (Å²) in [6.07, 6.45) is 4.20. The molecular weight excluding hydrogens is 310 g/mol. The Morgan fingerprint density at radius 3 is 2.57 bits per heavy atom. The van der Waals surface area contributed by atoms with Gasteiger partial charge in [0.1, 0.15) is 5.69 Å². The summed E-state index contributed by atoms with van der Waals surface area (Å²) in [6, 6.07) is 7.55. The van der Waals surface area contributed by atoms with E-state index in [1.807, 2.05) is 32.0 Å². The first kappa shape index (κ1) is 15.8. The van der Waals surface area contributed by atoms with E-state index in [1.165, 1.54) is 12.8 Å². The van der Waals surface area contributed by atoms with Crippen LogP contribution in [0.4, 0.5) is 11.4 Å². The molecule has 0 saturated carbocycles. The van der Waals surface area contributed by atoms with E-state index >= 15 is 0 Å². The zero-order chi connectivity index (χ0) is 16.4. The van der Waals surface area contributed by atoms with Crippen LogP contribution in [-0.2, 0) is 0 Å². The monoisotopic (exact) mass is 329 g/mol. The molecule has 0 atom stereocenters. The van der Waals surface area contributed by atoms with Crippen molar-refractivity contribution in [2.45, 2.75) is 26.7 Å². The molecule has 4 nitrogen and oxygen atoms in total. The summed E-state index contributed by atoms with van der Waals surface area (Å²) < 4.78 is 0. The van der Waals surface area contributed by atoms with Crippen LogP contribution in [-0.4, -0.2) is 24.0 Å². The Hall–Kier alpha value is -2.07. The van der Waals surface area contributed by atoms with Crippen LogP contribution in [0.5, 0.6) is 0 Å². The number of carbonyl (C=O) groups excluding carboxylic acids is 1. The summed E-state index contributed by atoms with van der Waals surface area (Å²) in [5.74, 6) is -0.244. The lowest BCUT2D eigenvalue weighted by atomic mass is 10.1. The van der Waals surface area contributed by atoms with E-state index in [0.717, 1.165) is 29.9 Å². The van der Waals surface area contributed by atoms with Crippen molar-refractivity contribution in [2.75, 3.05) is 23.3 Å². The lowest BCUT2D eigenvalue weighted by Crippen LogP contribution is -2.19. The second-order valence-corrected chi connectivity index (χ2v) is 6.40. The van der Waals surface area contributed by atoms with Crippen molar-refractivity contribution in [3.63, 3.8) is 0 Å². The zero-order valence-corrected chi connectivity index (χ0v) is 14.2. The third-order valence-electron chi connectivity index (χ3n) is 4.12. The second kappa shape index (κ2) is 6.59. The van der Waals surface area contributed by atoms with Gasteiger partial charge >= 0.3 is 0 Å². The molecule has 0 unspecified atom stereocenters. The topological polar surface area (TPSA) is 45.2 Å². The van der Waals surface area contributed by atoms with Gasteiger partial charge in [-0.3, -0.25) is 4.79 Å². The van der Waals surface area contributed by atoms with Gasteiger partial charge in [-0.1, -0.05) is 17.7 Å². The predicted octanol–water partition coefficient (Wildman–Crippen LogP) is 4.20. The number of halogens is 1. The number of hydrogen-bond acceptors (Lipinski definition) is 3. The van der Waals surface area contributed by atoms with Crippen LogP contribution in [0, 0.1) is 13.8 Å². The van der Waals surface area contributed by atoms with Gasteiger partial charge in [-0.2, -0.15) is 0 Å². The summed E-state index contributed by atoms with van der Waals surface area (Å²) in [6.45, 7) is 6.03. The molecule has 1 fully saturated rings. The molecule has 0 aliphatic carbocycles. The molecule has 0 spiro atoms. The predicted molar refractivity (Wildman–Crippen MR) is 94.6 cm³/mol. The number of aryl methyl sites for hydroxylation is 2. The van der Waals surface area contributed by atoms with Gasteiger partial charge in [-0.25, -0.2) is 4.98 Å². The molecule has 1 aromatic carbocycles. The number of amides is 1. The van der Waals surface area contributed by atoms with Gasteiger partial charge in [0.25, 0.3) is 5.91 Å². The van der Waals surface area contributed by atoms with E-state index in [9.17, 15) is 4.79 Å². The number of carbonyl (C=O) groups is 1. The minimum Gasteiger partial charge on any atom is -0.370 e. The van der Waals surface area contributed by atoms with Gasteiger partial charge in [-0.05, 0) is 56.0 Å². The Bertz CT molecular complexity index is 699. The summed E-state index contributed by atoms with van der Waals surface area (Å²) in [5.41, 5.74) is 4.12. The molecule has 5 heteroatoms. The molecule has 0 bridgehead atoms. The quantitative estimate of drug-likeness (QED) is 0.917. The van der Waals surface area contributed by atoms with Gasteiger partial charge in [-0.15, -0.1) is 0 Å². The third-order valence-corrected chi connectivity index (χ3v) is 4.42. The number of benzene rings is 1. The minimum atomic E-state index is -0.244. The van der Waals surface area contributed by atoms with E-state index in [0.29, 0.717) is 16.4 Å². The Balaban J connectivity index is 1.76. The molecule has 1 saturated heterocycles. The fourth-order valence-corrected chi connectivity index (χ4v) is 3.30. The Kier molecular flexibility index (Phi) is 4.53. The molecule has 23 heavy (non-hydrogen) atoms. The number of aromatic nitrogens is 1. The molecule has 1 aliphatic heterocycles. The average Bonchev–Trinajstić information content (AvgIpc) is 3.05. The van der Waals surface area contributed by atoms with Crippen LogP contribution in [0.1, 0.15) is 34.5 Å². The molecule has 2 heterocycles. The molecule has 3 rings (SSSR count). The first-order valence-electron chi connectivity index (χ1n) is 7.84. The minimum absolute atomic E-state index is 0.244. The van der Waals surface area contributed by atoms with E-state index in [2.05, 4.69) is 15.2 Å². The second-order valence-electron chi connectivity index (χ2n) is 5.99. The highest BCUT2D eigenvalue weighted by Crippen LogP contribution is 2.28. The van der Waals surface area contributed by atoms with Crippen molar-refractivity contribution >= 4 is 28.9 Å².